The fourth-order valence-corrected chi connectivity index (χ4v) is 4.35. The minimum absolute atomic E-state index is 0.0150. The number of amides is 2. The maximum atomic E-state index is 12.5. The molecule has 4 atom stereocenters. The van der Waals surface area contributed by atoms with Gasteiger partial charge in [0.1, 0.15) is 0 Å². The predicted octanol–water partition coefficient (Wildman–Crippen LogP) is 2.09. The summed E-state index contributed by atoms with van der Waals surface area (Å²) in [4.78, 5) is 26.4. The molecule has 1 aromatic rings. The summed E-state index contributed by atoms with van der Waals surface area (Å²) in [6, 6.07) is 9.69. The number of anilines is 1. The van der Waals surface area contributed by atoms with E-state index in [1.165, 1.54) is 4.90 Å². The van der Waals surface area contributed by atoms with Crippen molar-refractivity contribution in [3.63, 3.8) is 0 Å². The molecule has 20 heavy (non-hydrogen) atoms. The number of carbonyl (C=O) groups excluding carboxylic acids is 2. The molecule has 2 aliphatic carbocycles. The first-order valence-electron chi connectivity index (χ1n) is 7.40. The molecule has 0 radical (unpaired) electrons. The van der Waals surface area contributed by atoms with Crippen molar-refractivity contribution < 1.29 is 9.59 Å². The van der Waals surface area contributed by atoms with Gasteiger partial charge in [-0.25, -0.2) is 0 Å². The van der Waals surface area contributed by atoms with E-state index in [-0.39, 0.29) is 23.7 Å². The number of nitrogens with one attached hydrogen (secondary N) is 1. The smallest absolute Gasteiger partial charge is 0.234 e. The van der Waals surface area contributed by atoms with E-state index in [1.807, 2.05) is 30.3 Å². The number of fused-ring (bicyclic) bond motifs is 5. The Bertz CT molecular complexity index is 529. The summed E-state index contributed by atoms with van der Waals surface area (Å²) < 4.78 is 0. The van der Waals surface area contributed by atoms with Gasteiger partial charge in [0.25, 0.3) is 0 Å². The maximum Gasteiger partial charge on any atom is 0.234 e. The quantitative estimate of drug-likeness (QED) is 0.856. The number of benzene rings is 1. The standard InChI is InChI=1S/C16H18N2O2/c19-15-13-10-6-7-11(8-10)14(13)16(20)18(15)9-17-12-4-2-1-3-5-12/h1-5,10-11,13-14,17H,6-9H2/t10-,11-,13-,14-/m0/s1. The number of nitrogens with zero attached hydrogens (tertiary/aromatic N) is 1. The highest BCUT2D eigenvalue weighted by atomic mass is 16.2. The van der Waals surface area contributed by atoms with Gasteiger partial charge < -0.3 is 5.32 Å². The first kappa shape index (κ1) is 11.9. The van der Waals surface area contributed by atoms with Crippen LogP contribution in [0.1, 0.15) is 19.3 Å². The molecule has 4 rings (SSSR count). The Kier molecular flexibility index (Phi) is 2.59. The van der Waals surface area contributed by atoms with Crippen molar-refractivity contribution in [2.45, 2.75) is 19.3 Å². The Morgan fingerprint density at radius 3 is 2.20 bits per heavy atom. The zero-order chi connectivity index (χ0) is 13.7. The number of hydrogen-bond acceptors (Lipinski definition) is 3. The van der Waals surface area contributed by atoms with Gasteiger partial charge in [-0.1, -0.05) is 18.2 Å². The average Bonchev–Trinajstić information content (AvgIpc) is 3.13. The third-order valence-electron chi connectivity index (χ3n) is 5.23. The lowest BCUT2D eigenvalue weighted by molar-refractivity contribution is -0.140. The number of imide groups is 1. The normalized spacial score (nSPS) is 34.7. The number of rotatable bonds is 3. The van der Waals surface area contributed by atoms with Crippen LogP contribution < -0.4 is 5.32 Å². The van der Waals surface area contributed by atoms with Gasteiger partial charge in [-0.2, -0.15) is 0 Å². The van der Waals surface area contributed by atoms with Crippen molar-refractivity contribution in [3.8, 4) is 0 Å². The van der Waals surface area contributed by atoms with Gasteiger partial charge in [-0.05, 0) is 43.2 Å². The lowest BCUT2D eigenvalue weighted by Crippen LogP contribution is -2.36. The van der Waals surface area contributed by atoms with Crippen LogP contribution >= 0.6 is 0 Å². The molecule has 104 valence electrons. The van der Waals surface area contributed by atoms with Gasteiger partial charge in [0.2, 0.25) is 11.8 Å². The third kappa shape index (κ3) is 1.60. The summed E-state index contributed by atoms with van der Waals surface area (Å²) in [5.74, 6) is 0.996. The largest absolute Gasteiger partial charge is 0.367 e. The Morgan fingerprint density at radius 2 is 1.60 bits per heavy atom. The van der Waals surface area contributed by atoms with Gasteiger partial charge in [0, 0.05) is 5.69 Å². The van der Waals surface area contributed by atoms with Crippen LogP contribution in [0.3, 0.4) is 0 Å². The molecule has 1 aromatic carbocycles. The summed E-state index contributed by atoms with van der Waals surface area (Å²) >= 11 is 0. The topological polar surface area (TPSA) is 49.4 Å². The molecule has 0 spiro atoms. The summed E-state index contributed by atoms with van der Waals surface area (Å²) in [5.41, 5.74) is 0.938. The minimum atomic E-state index is -0.0150. The molecular formula is C16H18N2O2. The van der Waals surface area contributed by atoms with Crippen LogP contribution in [-0.2, 0) is 9.59 Å². The van der Waals surface area contributed by atoms with E-state index in [1.54, 1.807) is 0 Å². The van der Waals surface area contributed by atoms with E-state index < -0.39 is 0 Å². The van der Waals surface area contributed by atoms with Crippen molar-refractivity contribution in [3.05, 3.63) is 30.3 Å². The lowest BCUT2D eigenvalue weighted by atomic mass is 9.81. The summed E-state index contributed by atoms with van der Waals surface area (Å²) in [6.07, 6.45) is 3.35. The Hall–Kier alpha value is -1.84. The Morgan fingerprint density at radius 1 is 1.00 bits per heavy atom. The number of para-hydroxylation sites is 1. The van der Waals surface area contributed by atoms with E-state index in [2.05, 4.69) is 5.32 Å². The summed E-state index contributed by atoms with van der Waals surface area (Å²) in [5, 5.41) is 3.17. The molecular weight excluding hydrogens is 252 g/mol. The second kappa shape index (κ2) is 4.33. The van der Waals surface area contributed by atoms with Crippen LogP contribution in [-0.4, -0.2) is 23.4 Å². The molecule has 1 N–H and O–H groups in total. The monoisotopic (exact) mass is 270 g/mol. The van der Waals surface area contributed by atoms with Crippen molar-refractivity contribution in [2.75, 3.05) is 12.0 Å². The zero-order valence-electron chi connectivity index (χ0n) is 11.3. The lowest BCUT2D eigenvalue weighted by Gasteiger charge is -2.19. The first-order chi connectivity index (χ1) is 9.75. The molecule has 1 heterocycles. The van der Waals surface area contributed by atoms with Gasteiger partial charge in [0.15, 0.2) is 0 Å². The molecule has 4 nitrogen and oxygen atoms in total. The number of hydrogen-bond donors (Lipinski definition) is 1. The first-order valence-corrected chi connectivity index (χ1v) is 7.40. The summed E-state index contributed by atoms with van der Waals surface area (Å²) in [7, 11) is 0. The third-order valence-corrected chi connectivity index (χ3v) is 5.23. The molecule has 3 fully saturated rings. The van der Waals surface area contributed by atoms with Crippen LogP contribution in [0.5, 0.6) is 0 Å². The molecule has 0 aromatic heterocycles. The fraction of sp³-hybridized carbons (Fsp3) is 0.500. The molecule has 0 unspecified atom stereocenters. The van der Waals surface area contributed by atoms with Crippen molar-refractivity contribution in [1.82, 2.24) is 4.90 Å². The highest BCUT2D eigenvalue weighted by Gasteiger charge is 2.60. The average molecular weight is 270 g/mol. The van der Waals surface area contributed by atoms with E-state index in [9.17, 15) is 9.59 Å². The second-order valence-corrected chi connectivity index (χ2v) is 6.19. The van der Waals surface area contributed by atoms with Crippen molar-refractivity contribution in [2.24, 2.45) is 23.7 Å². The zero-order valence-corrected chi connectivity index (χ0v) is 11.3. The number of likely N-dealkylation sites (tertiary alicyclic amines) is 1. The molecule has 1 saturated heterocycles. The van der Waals surface area contributed by atoms with Crippen LogP contribution in [0, 0.1) is 23.7 Å². The van der Waals surface area contributed by atoms with E-state index in [0.717, 1.165) is 24.9 Å². The molecule has 3 aliphatic rings. The van der Waals surface area contributed by atoms with Gasteiger partial charge in [-0.15, -0.1) is 0 Å². The number of carbonyl (C=O) groups is 2. The van der Waals surface area contributed by atoms with Gasteiger partial charge >= 0.3 is 0 Å². The van der Waals surface area contributed by atoms with Crippen LogP contribution in [0.15, 0.2) is 30.3 Å². The van der Waals surface area contributed by atoms with Crippen LogP contribution in [0.25, 0.3) is 0 Å². The van der Waals surface area contributed by atoms with Crippen molar-refractivity contribution >= 4 is 17.5 Å². The maximum absolute atomic E-state index is 12.5. The fourth-order valence-electron chi connectivity index (χ4n) is 4.35. The molecule has 1 aliphatic heterocycles. The van der Waals surface area contributed by atoms with Gasteiger partial charge in [-0.3, -0.25) is 14.5 Å². The Balaban J connectivity index is 1.50. The predicted molar refractivity (Wildman–Crippen MR) is 74.6 cm³/mol. The molecule has 2 bridgehead atoms. The van der Waals surface area contributed by atoms with Gasteiger partial charge in [0.05, 0.1) is 18.5 Å². The molecule has 2 saturated carbocycles. The van der Waals surface area contributed by atoms with Crippen LogP contribution in [0.4, 0.5) is 5.69 Å². The SMILES string of the molecule is O=C1[C@H]2[C@H]3CC[C@@H](C3)[C@@H]2C(=O)N1CNc1ccccc1. The molecule has 4 heteroatoms. The second-order valence-electron chi connectivity index (χ2n) is 6.19. The Labute approximate surface area is 118 Å². The highest BCUT2D eigenvalue weighted by molar-refractivity contribution is 6.06. The minimum Gasteiger partial charge on any atom is -0.367 e. The van der Waals surface area contributed by atoms with Crippen LogP contribution in [0.2, 0.25) is 0 Å². The van der Waals surface area contributed by atoms with E-state index in [4.69, 9.17) is 0 Å². The summed E-state index contributed by atoms with van der Waals surface area (Å²) in [6.45, 7) is 0.300. The van der Waals surface area contributed by atoms with E-state index in [0.29, 0.717) is 18.5 Å². The highest BCUT2D eigenvalue weighted by Crippen LogP contribution is 2.55. The van der Waals surface area contributed by atoms with Crippen molar-refractivity contribution in [1.29, 1.82) is 0 Å². The van der Waals surface area contributed by atoms with E-state index >= 15 is 0 Å². The molecule has 2 amide bonds.